The second kappa shape index (κ2) is 9.11. The third-order valence-electron chi connectivity index (χ3n) is 5.57. The van der Waals surface area contributed by atoms with E-state index in [4.69, 9.17) is 4.98 Å². The van der Waals surface area contributed by atoms with Crippen molar-refractivity contribution in [3.8, 4) is 0 Å². The van der Waals surface area contributed by atoms with Crippen molar-refractivity contribution < 1.29 is 9.18 Å². The number of halogens is 1. The van der Waals surface area contributed by atoms with Crippen LogP contribution >= 0.6 is 0 Å². The summed E-state index contributed by atoms with van der Waals surface area (Å²) in [5.41, 5.74) is 4.10. The summed E-state index contributed by atoms with van der Waals surface area (Å²) in [6, 6.07) is 10.5. The first-order valence-electron chi connectivity index (χ1n) is 10.4. The Bertz CT molecular complexity index is 1000. The van der Waals surface area contributed by atoms with Crippen molar-refractivity contribution in [2.75, 3.05) is 0 Å². The van der Waals surface area contributed by atoms with Crippen molar-refractivity contribution in [2.24, 2.45) is 0 Å². The predicted octanol–water partition coefficient (Wildman–Crippen LogP) is 4.23. The van der Waals surface area contributed by atoms with Gasteiger partial charge in [-0.2, -0.15) is 0 Å². The van der Waals surface area contributed by atoms with Gasteiger partial charge in [-0.25, -0.2) is 4.39 Å². The zero-order valence-electron chi connectivity index (χ0n) is 17.0. The lowest BCUT2D eigenvalue weighted by Crippen LogP contribution is -2.39. The van der Waals surface area contributed by atoms with Crippen LogP contribution in [0.4, 0.5) is 4.39 Å². The van der Waals surface area contributed by atoms with Crippen LogP contribution in [0.2, 0.25) is 0 Å². The number of hydrogen-bond donors (Lipinski definition) is 1. The van der Waals surface area contributed by atoms with Crippen LogP contribution in [-0.4, -0.2) is 26.9 Å². The average Bonchev–Trinajstić information content (AvgIpc) is 2.71. The van der Waals surface area contributed by atoms with Gasteiger partial charge in [0.1, 0.15) is 5.82 Å². The van der Waals surface area contributed by atoms with E-state index in [2.05, 4.69) is 22.2 Å². The van der Waals surface area contributed by atoms with Crippen molar-refractivity contribution in [2.45, 2.75) is 51.0 Å². The molecule has 0 saturated heterocycles. The Morgan fingerprint density at radius 2 is 1.90 bits per heavy atom. The van der Waals surface area contributed by atoms with Gasteiger partial charge in [-0.05, 0) is 61.4 Å². The van der Waals surface area contributed by atoms with Crippen LogP contribution in [0.3, 0.4) is 0 Å². The third kappa shape index (κ3) is 5.06. The lowest BCUT2D eigenvalue weighted by molar-refractivity contribution is 0.0916. The standard InChI is InChI=1S/C24H25FN4O/c1-16(17-5-7-19(25)8-6-17)11-21-12-18(24(30)29-20-3-2-4-20)13-22(28-21)14-23-15-26-9-10-27-23/h5-10,12-13,15-16,20H,2-4,11,14H2,1H3,(H,29,30)/t16-/m1/s1. The highest BCUT2D eigenvalue weighted by Gasteiger charge is 2.21. The largest absolute Gasteiger partial charge is 0.349 e. The van der Waals surface area contributed by atoms with Gasteiger partial charge in [0, 0.05) is 48.0 Å². The lowest BCUT2D eigenvalue weighted by atomic mass is 9.92. The molecule has 1 amide bonds. The summed E-state index contributed by atoms with van der Waals surface area (Å²) in [7, 11) is 0. The monoisotopic (exact) mass is 404 g/mol. The second-order valence-corrected chi connectivity index (χ2v) is 7.97. The van der Waals surface area contributed by atoms with E-state index in [1.165, 1.54) is 18.6 Å². The minimum absolute atomic E-state index is 0.0572. The van der Waals surface area contributed by atoms with E-state index in [1.807, 2.05) is 12.1 Å². The van der Waals surface area contributed by atoms with Crippen molar-refractivity contribution in [3.63, 3.8) is 0 Å². The number of benzene rings is 1. The van der Waals surface area contributed by atoms with Crippen LogP contribution < -0.4 is 5.32 Å². The van der Waals surface area contributed by atoms with Crippen LogP contribution in [0.15, 0.2) is 55.0 Å². The molecule has 2 aromatic heterocycles. The molecule has 0 unspecified atom stereocenters. The molecule has 0 aliphatic heterocycles. The van der Waals surface area contributed by atoms with Crippen molar-refractivity contribution in [1.82, 2.24) is 20.3 Å². The topological polar surface area (TPSA) is 67.8 Å². The maximum Gasteiger partial charge on any atom is 0.251 e. The fourth-order valence-electron chi connectivity index (χ4n) is 3.63. The zero-order valence-corrected chi connectivity index (χ0v) is 17.0. The van der Waals surface area contributed by atoms with Gasteiger partial charge in [-0.1, -0.05) is 19.1 Å². The molecule has 4 rings (SSSR count). The number of nitrogens with one attached hydrogen (secondary N) is 1. The average molecular weight is 404 g/mol. The smallest absolute Gasteiger partial charge is 0.251 e. The third-order valence-corrected chi connectivity index (χ3v) is 5.57. The zero-order chi connectivity index (χ0) is 20.9. The Morgan fingerprint density at radius 1 is 1.13 bits per heavy atom. The molecule has 3 aromatic rings. The number of pyridine rings is 1. The Morgan fingerprint density at radius 3 is 2.57 bits per heavy atom. The molecule has 1 aliphatic carbocycles. The van der Waals surface area contributed by atoms with Gasteiger partial charge in [0.15, 0.2) is 0 Å². The lowest BCUT2D eigenvalue weighted by Gasteiger charge is -2.26. The number of rotatable bonds is 7. The van der Waals surface area contributed by atoms with Crippen molar-refractivity contribution in [3.05, 3.63) is 89.0 Å². The van der Waals surface area contributed by atoms with E-state index in [-0.39, 0.29) is 23.7 Å². The Kier molecular flexibility index (Phi) is 6.12. The van der Waals surface area contributed by atoms with E-state index in [0.29, 0.717) is 18.4 Å². The number of aromatic nitrogens is 3. The van der Waals surface area contributed by atoms with Crippen molar-refractivity contribution in [1.29, 1.82) is 0 Å². The molecular weight excluding hydrogens is 379 g/mol. The molecule has 1 fully saturated rings. The van der Waals surface area contributed by atoms with Gasteiger partial charge in [0.25, 0.3) is 5.91 Å². The SMILES string of the molecule is C[C@H](Cc1cc(C(=O)NC2CCC2)cc(Cc2cnccn2)n1)c1ccc(F)cc1. The summed E-state index contributed by atoms with van der Waals surface area (Å²) in [6.07, 6.45) is 9.41. The maximum atomic E-state index is 13.2. The van der Waals surface area contributed by atoms with Crippen LogP contribution in [0, 0.1) is 5.82 Å². The first kappa shape index (κ1) is 20.1. The molecule has 6 heteroatoms. The number of carbonyl (C=O) groups is 1. The van der Waals surface area contributed by atoms with Gasteiger partial charge in [0.2, 0.25) is 0 Å². The number of nitrogens with zero attached hydrogens (tertiary/aromatic N) is 3. The summed E-state index contributed by atoms with van der Waals surface area (Å²) >= 11 is 0. The second-order valence-electron chi connectivity index (χ2n) is 7.97. The highest BCUT2D eigenvalue weighted by molar-refractivity contribution is 5.94. The minimum atomic E-state index is -0.245. The molecule has 0 radical (unpaired) electrons. The van der Waals surface area contributed by atoms with E-state index >= 15 is 0 Å². The minimum Gasteiger partial charge on any atom is -0.349 e. The molecule has 1 atom stereocenters. The van der Waals surface area contributed by atoms with E-state index in [1.54, 1.807) is 30.7 Å². The molecule has 1 N–H and O–H groups in total. The van der Waals surface area contributed by atoms with Crippen LogP contribution in [-0.2, 0) is 12.8 Å². The van der Waals surface area contributed by atoms with Gasteiger partial charge < -0.3 is 5.32 Å². The molecule has 30 heavy (non-hydrogen) atoms. The first-order chi connectivity index (χ1) is 14.6. The highest BCUT2D eigenvalue weighted by atomic mass is 19.1. The van der Waals surface area contributed by atoms with Gasteiger partial charge in [-0.15, -0.1) is 0 Å². The summed E-state index contributed by atoms with van der Waals surface area (Å²) in [5, 5.41) is 3.11. The Labute approximate surface area is 175 Å². The summed E-state index contributed by atoms with van der Waals surface area (Å²) in [4.78, 5) is 26.0. The summed E-state index contributed by atoms with van der Waals surface area (Å²) in [5.74, 6) is -0.157. The molecule has 5 nitrogen and oxygen atoms in total. The van der Waals surface area contributed by atoms with Gasteiger partial charge >= 0.3 is 0 Å². The summed E-state index contributed by atoms with van der Waals surface area (Å²) in [6.45, 7) is 2.08. The van der Waals surface area contributed by atoms with E-state index in [0.717, 1.165) is 35.5 Å². The number of hydrogen-bond acceptors (Lipinski definition) is 4. The Hall–Kier alpha value is -3.15. The number of amides is 1. The van der Waals surface area contributed by atoms with Crippen LogP contribution in [0.1, 0.15) is 65.1 Å². The molecule has 1 aliphatic rings. The molecular formula is C24H25FN4O. The molecule has 154 valence electrons. The maximum absolute atomic E-state index is 13.2. The fraction of sp³-hybridized carbons (Fsp3) is 0.333. The molecule has 1 aromatic carbocycles. The normalized spacial score (nSPS) is 14.7. The van der Waals surface area contributed by atoms with Crippen LogP contribution in [0.25, 0.3) is 0 Å². The molecule has 1 saturated carbocycles. The Balaban J connectivity index is 1.58. The molecule has 0 bridgehead atoms. The van der Waals surface area contributed by atoms with Crippen LogP contribution in [0.5, 0.6) is 0 Å². The van der Waals surface area contributed by atoms with Crippen molar-refractivity contribution >= 4 is 5.91 Å². The molecule has 2 heterocycles. The fourth-order valence-corrected chi connectivity index (χ4v) is 3.63. The van der Waals surface area contributed by atoms with E-state index < -0.39 is 0 Å². The quantitative estimate of drug-likeness (QED) is 0.640. The van der Waals surface area contributed by atoms with E-state index in [9.17, 15) is 9.18 Å². The predicted molar refractivity (Wildman–Crippen MR) is 113 cm³/mol. The summed E-state index contributed by atoms with van der Waals surface area (Å²) < 4.78 is 13.2. The van der Waals surface area contributed by atoms with Gasteiger partial charge in [0.05, 0.1) is 5.69 Å². The number of carbonyl (C=O) groups excluding carboxylic acids is 1. The van der Waals surface area contributed by atoms with Gasteiger partial charge in [-0.3, -0.25) is 19.7 Å². The first-order valence-corrected chi connectivity index (χ1v) is 10.4. The molecule has 0 spiro atoms. The highest BCUT2D eigenvalue weighted by Crippen LogP contribution is 2.22.